The molecule has 0 heterocycles. The lowest BCUT2D eigenvalue weighted by Gasteiger charge is -2.35. The lowest BCUT2D eigenvalue weighted by atomic mass is 9.71. The Kier molecular flexibility index (Phi) is 4.72. The number of aliphatic hydroxyl groups is 1. The van der Waals surface area contributed by atoms with Gasteiger partial charge in [0.05, 0.1) is 18.3 Å². The van der Waals surface area contributed by atoms with Crippen LogP contribution >= 0.6 is 0 Å². The second kappa shape index (κ2) is 7.06. The van der Waals surface area contributed by atoms with E-state index in [1.165, 1.54) is 5.56 Å². The van der Waals surface area contributed by atoms with Crippen molar-refractivity contribution in [2.75, 3.05) is 6.61 Å². The number of hydrogen-bond donors (Lipinski definition) is 1. The highest BCUT2D eigenvalue weighted by Crippen LogP contribution is 2.43. The highest BCUT2D eigenvalue weighted by atomic mass is 16.5. The van der Waals surface area contributed by atoms with Gasteiger partial charge in [-0.3, -0.25) is 0 Å². The summed E-state index contributed by atoms with van der Waals surface area (Å²) in [4.78, 5) is 12.0. The molecule has 0 amide bonds. The molecule has 0 aromatic heterocycles. The van der Waals surface area contributed by atoms with Gasteiger partial charge in [-0.1, -0.05) is 44.2 Å². The zero-order chi connectivity index (χ0) is 19.9. The van der Waals surface area contributed by atoms with Crippen LogP contribution in [-0.2, 0) is 10.2 Å². The predicted octanol–water partition coefficient (Wildman–Crippen LogP) is 5.79. The largest absolute Gasteiger partial charge is 0.462 e. The molecule has 3 aromatic rings. The van der Waals surface area contributed by atoms with E-state index in [4.69, 9.17) is 4.74 Å². The minimum Gasteiger partial charge on any atom is -0.462 e. The molecule has 0 fully saturated rings. The number of carbonyl (C=O) groups excluding carboxylic acids is 1. The van der Waals surface area contributed by atoms with Crippen LogP contribution < -0.4 is 0 Å². The molecule has 3 heteroatoms. The number of carbonyl (C=O) groups is 1. The van der Waals surface area contributed by atoms with E-state index < -0.39 is 6.10 Å². The van der Waals surface area contributed by atoms with Crippen LogP contribution in [0, 0.1) is 0 Å². The van der Waals surface area contributed by atoms with Gasteiger partial charge in [0.25, 0.3) is 0 Å². The van der Waals surface area contributed by atoms with Gasteiger partial charge in [-0.25, -0.2) is 4.79 Å². The van der Waals surface area contributed by atoms with Crippen molar-refractivity contribution in [2.45, 2.75) is 45.1 Å². The first-order valence-corrected chi connectivity index (χ1v) is 9.93. The van der Waals surface area contributed by atoms with E-state index in [2.05, 4.69) is 44.2 Å². The Balaban J connectivity index is 1.73. The molecular weight excluding hydrogens is 348 g/mol. The number of aliphatic hydroxyl groups excluding tert-OH is 1. The van der Waals surface area contributed by atoms with Crippen LogP contribution in [0.2, 0.25) is 0 Å². The molecule has 1 unspecified atom stereocenters. The van der Waals surface area contributed by atoms with Crippen molar-refractivity contribution < 1.29 is 14.6 Å². The third kappa shape index (κ3) is 3.31. The average molecular weight is 374 g/mol. The van der Waals surface area contributed by atoms with Gasteiger partial charge in [0.2, 0.25) is 0 Å². The summed E-state index contributed by atoms with van der Waals surface area (Å²) >= 11 is 0. The Morgan fingerprint density at radius 2 is 1.71 bits per heavy atom. The fourth-order valence-corrected chi connectivity index (χ4v) is 4.19. The molecule has 0 saturated heterocycles. The lowest BCUT2D eigenvalue weighted by Crippen LogP contribution is -2.26. The average Bonchev–Trinajstić information content (AvgIpc) is 2.70. The molecule has 0 bridgehead atoms. The van der Waals surface area contributed by atoms with Gasteiger partial charge in [-0.15, -0.1) is 0 Å². The van der Waals surface area contributed by atoms with E-state index in [0.717, 1.165) is 40.3 Å². The van der Waals surface area contributed by atoms with E-state index in [1.54, 1.807) is 0 Å². The standard InChI is InChI=1S/C25H26O3/c1-4-28-24(27)20-8-7-16-13-17(5-6-18(16)14-20)19-9-10-22-21(15-19)23(26)11-12-25(22,2)3/h5-10,13-15,23,26H,4,11-12H2,1-3H3. The minimum atomic E-state index is -0.393. The Morgan fingerprint density at radius 3 is 2.50 bits per heavy atom. The van der Waals surface area contributed by atoms with Gasteiger partial charge < -0.3 is 9.84 Å². The number of hydrogen-bond acceptors (Lipinski definition) is 3. The van der Waals surface area contributed by atoms with Crippen LogP contribution in [0.1, 0.15) is 61.2 Å². The molecular formula is C25H26O3. The Hall–Kier alpha value is -2.65. The zero-order valence-electron chi connectivity index (χ0n) is 16.7. The number of esters is 1. The first-order chi connectivity index (χ1) is 13.4. The maximum absolute atomic E-state index is 12.0. The van der Waals surface area contributed by atoms with Gasteiger partial charge in [0.15, 0.2) is 0 Å². The highest BCUT2D eigenvalue weighted by Gasteiger charge is 2.31. The molecule has 1 aliphatic rings. The summed E-state index contributed by atoms with van der Waals surface area (Å²) in [6, 6.07) is 18.3. The molecule has 0 saturated carbocycles. The fourth-order valence-electron chi connectivity index (χ4n) is 4.19. The third-order valence-electron chi connectivity index (χ3n) is 5.87. The van der Waals surface area contributed by atoms with Crippen LogP contribution in [-0.4, -0.2) is 17.7 Å². The second-order valence-corrected chi connectivity index (χ2v) is 8.24. The van der Waals surface area contributed by atoms with E-state index in [1.807, 2.05) is 31.2 Å². The zero-order valence-corrected chi connectivity index (χ0v) is 16.7. The number of fused-ring (bicyclic) bond motifs is 2. The number of rotatable bonds is 3. The molecule has 144 valence electrons. The van der Waals surface area contributed by atoms with Gasteiger partial charge in [-0.05, 0) is 82.5 Å². The third-order valence-corrected chi connectivity index (χ3v) is 5.87. The van der Waals surface area contributed by atoms with Crippen molar-refractivity contribution in [3.63, 3.8) is 0 Å². The van der Waals surface area contributed by atoms with Crippen LogP contribution in [0.3, 0.4) is 0 Å². The van der Waals surface area contributed by atoms with Gasteiger partial charge >= 0.3 is 5.97 Å². The van der Waals surface area contributed by atoms with Crippen molar-refractivity contribution in [1.29, 1.82) is 0 Å². The smallest absolute Gasteiger partial charge is 0.338 e. The molecule has 0 spiro atoms. The van der Waals surface area contributed by atoms with Crippen molar-refractivity contribution >= 4 is 16.7 Å². The summed E-state index contributed by atoms with van der Waals surface area (Å²) < 4.78 is 5.09. The van der Waals surface area contributed by atoms with Crippen molar-refractivity contribution in [3.8, 4) is 11.1 Å². The SMILES string of the molecule is CCOC(=O)c1ccc2cc(-c3ccc4c(c3)C(O)CCC4(C)C)ccc2c1. The summed E-state index contributed by atoms with van der Waals surface area (Å²) in [5.74, 6) is -0.292. The van der Waals surface area contributed by atoms with Crippen molar-refractivity contribution in [3.05, 3.63) is 71.3 Å². The summed E-state index contributed by atoms with van der Waals surface area (Å²) in [7, 11) is 0. The minimum absolute atomic E-state index is 0.0972. The van der Waals surface area contributed by atoms with Crippen molar-refractivity contribution in [2.24, 2.45) is 0 Å². The van der Waals surface area contributed by atoms with Crippen LogP contribution in [0.4, 0.5) is 0 Å². The van der Waals surface area contributed by atoms with Crippen molar-refractivity contribution in [1.82, 2.24) is 0 Å². The molecule has 3 aromatic carbocycles. The van der Waals surface area contributed by atoms with Gasteiger partial charge in [0, 0.05) is 0 Å². The molecule has 1 atom stereocenters. The highest BCUT2D eigenvalue weighted by molar-refractivity contribution is 5.96. The molecule has 0 aliphatic heterocycles. The van der Waals surface area contributed by atoms with E-state index >= 15 is 0 Å². The van der Waals surface area contributed by atoms with E-state index in [0.29, 0.717) is 12.2 Å². The van der Waals surface area contributed by atoms with E-state index in [9.17, 15) is 9.90 Å². The summed E-state index contributed by atoms with van der Waals surface area (Å²) in [6.45, 7) is 6.67. The monoisotopic (exact) mass is 374 g/mol. The van der Waals surface area contributed by atoms with Crippen LogP contribution in [0.5, 0.6) is 0 Å². The molecule has 1 aliphatic carbocycles. The molecule has 1 N–H and O–H groups in total. The Morgan fingerprint density at radius 1 is 1.04 bits per heavy atom. The van der Waals surface area contributed by atoms with Gasteiger partial charge in [-0.2, -0.15) is 0 Å². The lowest BCUT2D eigenvalue weighted by molar-refractivity contribution is 0.0526. The van der Waals surface area contributed by atoms with Crippen LogP contribution in [0.15, 0.2) is 54.6 Å². The molecule has 4 rings (SSSR count). The summed E-state index contributed by atoms with van der Waals surface area (Å²) in [5, 5.41) is 12.6. The summed E-state index contributed by atoms with van der Waals surface area (Å²) in [5.41, 5.74) is 5.17. The summed E-state index contributed by atoms with van der Waals surface area (Å²) in [6.07, 6.45) is 1.41. The predicted molar refractivity (Wildman–Crippen MR) is 113 cm³/mol. The first kappa shape index (κ1) is 18.7. The normalized spacial score (nSPS) is 17.9. The van der Waals surface area contributed by atoms with Crippen LogP contribution in [0.25, 0.3) is 21.9 Å². The number of benzene rings is 3. The Bertz CT molecular complexity index is 1050. The quantitative estimate of drug-likeness (QED) is 0.590. The second-order valence-electron chi connectivity index (χ2n) is 8.24. The molecule has 0 radical (unpaired) electrons. The molecule has 28 heavy (non-hydrogen) atoms. The van der Waals surface area contributed by atoms with E-state index in [-0.39, 0.29) is 11.4 Å². The topological polar surface area (TPSA) is 46.5 Å². The molecule has 3 nitrogen and oxygen atoms in total. The van der Waals surface area contributed by atoms with Gasteiger partial charge in [0.1, 0.15) is 0 Å². The Labute approximate surface area is 166 Å². The first-order valence-electron chi connectivity index (χ1n) is 9.93. The maximum Gasteiger partial charge on any atom is 0.338 e. The maximum atomic E-state index is 12.0. The number of ether oxygens (including phenoxy) is 1. The fraction of sp³-hybridized carbons (Fsp3) is 0.320.